The van der Waals surface area contributed by atoms with Gasteiger partial charge < -0.3 is 20.7 Å². The summed E-state index contributed by atoms with van der Waals surface area (Å²) in [6.07, 6.45) is 0. The minimum Gasteiger partial charge on any atom is -0.383 e. The van der Waals surface area contributed by atoms with Crippen molar-refractivity contribution in [3.05, 3.63) is 41.2 Å². The Morgan fingerprint density at radius 1 is 1.18 bits per heavy atom. The van der Waals surface area contributed by atoms with Gasteiger partial charge in [-0.3, -0.25) is 9.48 Å². The van der Waals surface area contributed by atoms with E-state index in [1.807, 2.05) is 32.4 Å². The maximum Gasteiger partial charge on any atom is 0.319 e. The van der Waals surface area contributed by atoms with Crippen LogP contribution in [-0.4, -0.2) is 35.4 Å². The molecule has 152 valence electrons. The van der Waals surface area contributed by atoms with Crippen LogP contribution in [0.2, 0.25) is 0 Å². The summed E-state index contributed by atoms with van der Waals surface area (Å²) in [4.78, 5) is 24.1. The van der Waals surface area contributed by atoms with E-state index in [9.17, 15) is 9.59 Å². The van der Waals surface area contributed by atoms with Crippen molar-refractivity contribution >= 4 is 23.3 Å². The topological polar surface area (TPSA) is 97.3 Å². The third-order valence-electron chi connectivity index (χ3n) is 4.38. The molecule has 2 rings (SSSR count). The van der Waals surface area contributed by atoms with Gasteiger partial charge in [-0.2, -0.15) is 5.10 Å². The van der Waals surface area contributed by atoms with Crippen LogP contribution in [0.1, 0.15) is 30.8 Å². The molecule has 1 aromatic carbocycles. The van der Waals surface area contributed by atoms with Gasteiger partial charge in [0.25, 0.3) is 0 Å². The largest absolute Gasteiger partial charge is 0.383 e. The Balaban J connectivity index is 1.94. The lowest BCUT2D eigenvalue weighted by Gasteiger charge is -2.11. The number of hydrogen-bond acceptors (Lipinski definition) is 4. The molecule has 1 heterocycles. The molecule has 0 spiro atoms. The molecule has 2 aromatic rings. The van der Waals surface area contributed by atoms with E-state index in [-0.39, 0.29) is 17.9 Å². The van der Waals surface area contributed by atoms with Gasteiger partial charge in [-0.1, -0.05) is 19.9 Å². The Kier molecular flexibility index (Phi) is 7.57. The number of amides is 3. The number of rotatable bonds is 8. The molecular weight excluding hydrogens is 358 g/mol. The molecule has 28 heavy (non-hydrogen) atoms. The van der Waals surface area contributed by atoms with Gasteiger partial charge >= 0.3 is 6.03 Å². The van der Waals surface area contributed by atoms with Gasteiger partial charge in [-0.05, 0) is 32.0 Å². The van der Waals surface area contributed by atoms with E-state index in [1.54, 1.807) is 31.4 Å². The van der Waals surface area contributed by atoms with Crippen LogP contribution in [-0.2, 0) is 22.6 Å². The number of hydrogen-bond donors (Lipinski definition) is 3. The van der Waals surface area contributed by atoms with Crippen LogP contribution >= 0.6 is 0 Å². The van der Waals surface area contributed by atoms with Crippen molar-refractivity contribution in [2.75, 3.05) is 24.4 Å². The third-order valence-corrected chi connectivity index (χ3v) is 4.38. The number of carbonyl (C=O) groups is 2. The highest BCUT2D eigenvalue weighted by atomic mass is 16.5. The fraction of sp³-hybridized carbons (Fsp3) is 0.450. The fourth-order valence-corrected chi connectivity index (χ4v) is 2.69. The van der Waals surface area contributed by atoms with E-state index < -0.39 is 0 Å². The number of aromatic nitrogens is 2. The van der Waals surface area contributed by atoms with Gasteiger partial charge in [-0.25, -0.2) is 4.79 Å². The van der Waals surface area contributed by atoms with E-state index in [4.69, 9.17) is 4.74 Å². The molecule has 8 heteroatoms. The molecule has 8 nitrogen and oxygen atoms in total. The molecule has 0 saturated carbocycles. The van der Waals surface area contributed by atoms with Crippen molar-refractivity contribution in [2.45, 2.75) is 40.8 Å². The molecule has 0 aliphatic heterocycles. The summed E-state index contributed by atoms with van der Waals surface area (Å²) in [6, 6.07) is 6.73. The van der Waals surface area contributed by atoms with Gasteiger partial charge in [0.15, 0.2) is 0 Å². The maximum atomic E-state index is 12.3. The lowest BCUT2D eigenvalue weighted by Crippen LogP contribution is -2.28. The Hall–Kier alpha value is -2.87. The highest BCUT2D eigenvalue weighted by Gasteiger charge is 2.13. The molecule has 0 unspecified atom stereocenters. The molecule has 0 aliphatic carbocycles. The average molecular weight is 387 g/mol. The molecule has 3 amide bonds. The van der Waals surface area contributed by atoms with Crippen molar-refractivity contribution in [3.63, 3.8) is 0 Å². The second-order valence-electron chi connectivity index (χ2n) is 6.90. The van der Waals surface area contributed by atoms with Crippen molar-refractivity contribution < 1.29 is 14.3 Å². The highest BCUT2D eigenvalue weighted by Crippen LogP contribution is 2.16. The standard InChI is InChI=1S/C20H29N5O3/c1-13(2)19(26)22-16-7-6-8-17(11-16)23-20(27)21-12-18-14(3)24-25(15(18)4)9-10-28-5/h6-8,11,13H,9-10,12H2,1-5H3,(H,22,26)(H2,21,23,27). The molecule has 3 N–H and O–H groups in total. The molecule has 0 saturated heterocycles. The van der Waals surface area contributed by atoms with Crippen molar-refractivity contribution in [1.82, 2.24) is 15.1 Å². The zero-order chi connectivity index (χ0) is 20.7. The van der Waals surface area contributed by atoms with Crippen LogP contribution in [0.25, 0.3) is 0 Å². The number of benzene rings is 1. The predicted octanol–water partition coefficient (Wildman–Crippen LogP) is 3.06. The van der Waals surface area contributed by atoms with Crippen molar-refractivity contribution in [2.24, 2.45) is 5.92 Å². The second kappa shape index (κ2) is 9.89. The Morgan fingerprint density at radius 3 is 2.50 bits per heavy atom. The smallest absolute Gasteiger partial charge is 0.319 e. The third kappa shape index (κ3) is 5.82. The minimum atomic E-state index is -0.323. The van der Waals surface area contributed by atoms with Crippen molar-refractivity contribution in [3.8, 4) is 0 Å². The van der Waals surface area contributed by atoms with Gasteiger partial charge in [0.05, 0.1) is 18.8 Å². The van der Waals surface area contributed by atoms with Gasteiger partial charge in [-0.15, -0.1) is 0 Å². The monoisotopic (exact) mass is 387 g/mol. The lowest BCUT2D eigenvalue weighted by atomic mass is 10.2. The van der Waals surface area contributed by atoms with E-state index >= 15 is 0 Å². The van der Waals surface area contributed by atoms with Crippen LogP contribution in [0.5, 0.6) is 0 Å². The SMILES string of the molecule is COCCn1nc(C)c(CNC(=O)Nc2cccc(NC(=O)C(C)C)c2)c1C. The number of carbonyl (C=O) groups excluding carboxylic acids is 2. The quantitative estimate of drug-likeness (QED) is 0.648. The first-order valence-corrected chi connectivity index (χ1v) is 9.29. The summed E-state index contributed by atoms with van der Waals surface area (Å²) in [5, 5.41) is 12.9. The Labute approximate surface area is 165 Å². The average Bonchev–Trinajstić information content (AvgIpc) is 2.91. The summed E-state index contributed by atoms with van der Waals surface area (Å²) in [6.45, 7) is 9.18. The fourth-order valence-electron chi connectivity index (χ4n) is 2.69. The summed E-state index contributed by atoms with van der Waals surface area (Å²) in [5.41, 5.74) is 4.12. The van der Waals surface area contributed by atoms with Crippen LogP contribution < -0.4 is 16.0 Å². The molecule has 0 radical (unpaired) electrons. The minimum absolute atomic E-state index is 0.0713. The zero-order valence-corrected chi connectivity index (χ0v) is 17.1. The zero-order valence-electron chi connectivity index (χ0n) is 17.1. The molecule has 0 atom stereocenters. The van der Waals surface area contributed by atoms with E-state index in [0.717, 1.165) is 17.0 Å². The first kappa shape index (κ1) is 21.4. The number of nitrogens with one attached hydrogen (secondary N) is 3. The molecule has 0 bridgehead atoms. The van der Waals surface area contributed by atoms with Crippen LogP contribution in [0, 0.1) is 19.8 Å². The number of urea groups is 1. The molecule has 0 aliphatic rings. The van der Waals surface area contributed by atoms with Gasteiger partial charge in [0.1, 0.15) is 0 Å². The van der Waals surface area contributed by atoms with Crippen LogP contribution in [0.15, 0.2) is 24.3 Å². The summed E-state index contributed by atoms with van der Waals surface area (Å²) in [5.74, 6) is -0.186. The van der Waals surface area contributed by atoms with Gasteiger partial charge in [0.2, 0.25) is 5.91 Å². The first-order valence-electron chi connectivity index (χ1n) is 9.29. The number of nitrogens with zero attached hydrogens (tertiary/aromatic N) is 2. The predicted molar refractivity (Wildman–Crippen MR) is 109 cm³/mol. The lowest BCUT2D eigenvalue weighted by molar-refractivity contribution is -0.118. The summed E-state index contributed by atoms with van der Waals surface area (Å²) >= 11 is 0. The van der Waals surface area contributed by atoms with E-state index in [1.165, 1.54) is 0 Å². The summed E-state index contributed by atoms with van der Waals surface area (Å²) in [7, 11) is 1.65. The molecular formula is C20H29N5O3. The Morgan fingerprint density at radius 2 is 1.86 bits per heavy atom. The van der Waals surface area contributed by atoms with E-state index in [0.29, 0.717) is 31.1 Å². The Bertz CT molecular complexity index is 829. The van der Waals surface area contributed by atoms with E-state index in [2.05, 4.69) is 21.0 Å². The second-order valence-corrected chi connectivity index (χ2v) is 6.90. The number of aryl methyl sites for hydroxylation is 1. The molecule has 0 fully saturated rings. The van der Waals surface area contributed by atoms with Crippen LogP contribution in [0.3, 0.4) is 0 Å². The summed E-state index contributed by atoms with van der Waals surface area (Å²) < 4.78 is 6.98. The maximum absolute atomic E-state index is 12.3. The van der Waals surface area contributed by atoms with Gasteiger partial charge in [0, 0.05) is 42.2 Å². The number of anilines is 2. The number of methoxy groups -OCH3 is 1. The molecule has 1 aromatic heterocycles. The van der Waals surface area contributed by atoms with Crippen LogP contribution in [0.4, 0.5) is 16.2 Å². The number of ether oxygens (including phenoxy) is 1. The highest BCUT2D eigenvalue weighted by molar-refractivity contribution is 5.94. The normalized spacial score (nSPS) is 10.8. The first-order chi connectivity index (χ1) is 13.3. The van der Waals surface area contributed by atoms with Crippen molar-refractivity contribution in [1.29, 1.82) is 0 Å².